The molecule has 5 heteroatoms. The number of amides is 2. The summed E-state index contributed by atoms with van der Waals surface area (Å²) in [5.41, 5.74) is 3.10. The molecule has 5 nitrogen and oxygen atoms in total. The summed E-state index contributed by atoms with van der Waals surface area (Å²) in [7, 11) is 1.56. The Morgan fingerprint density at radius 2 is 1.86 bits per heavy atom. The predicted octanol–water partition coefficient (Wildman–Crippen LogP) is 2.40. The van der Waals surface area contributed by atoms with Gasteiger partial charge in [0.05, 0.1) is 7.11 Å². The van der Waals surface area contributed by atoms with Crippen LogP contribution in [0.5, 0.6) is 5.88 Å². The highest BCUT2D eigenvalue weighted by Crippen LogP contribution is 2.12. The quantitative estimate of drug-likeness (QED) is 0.886. The number of nitrogens with zero attached hydrogens (tertiary/aromatic N) is 1. The van der Waals surface area contributed by atoms with Gasteiger partial charge in [0.25, 0.3) is 0 Å². The van der Waals surface area contributed by atoms with Crippen molar-refractivity contribution >= 4 is 6.03 Å². The minimum absolute atomic E-state index is 0.221. The van der Waals surface area contributed by atoms with Crippen LogP contribution in [0.25, 0.3) is 0 Å². The average Bonchev–Trinajstić information content (AvgIpc) is 2.52. The molecule has 0 aliphatic carbocycles. The molecule has 2 amide bonds. The molecule has 2 rings (SSSR count). The number of methoxy groups -OCH3 is 1. The van der Waals surface area contributed by atoms with Gasteiger partial charge in [0.15, 0.2) is 0 Å². The molecule has 0 aliphatic heterocycles. The normalized spacial score (nSPS) is 10.0. The van der Waals surface area contributed by atoms with Gasteiger partial charge in [0.1, 0.15) is 0 Å². The first-order chi connectivity index (χ1) is 10.2. The number of benzene rings is 1. The number of aromatic nitrogens is 1. The lowest BCUT2D eigenvalue weighted by atomic mass is 10.1. The molecule has 1 heterocycles. The fraction of sp³-hybridized carbons (Fsp3) is 0.250. The van der Waals surface area contributed by atoms with E-state index in [-0.39, 0.29) is 6.03 Å². The van der Waals surface area contributed by atoms with E-state index in [0.717, 1.165) is 11.1 Å². The molecular formula is C16H19N3O2. The lowest BCUT2D eigenvalue weighted by molar-refractivity contribution is 0.240. The van der Waals surface area contributed by atoms with E-state index in [1.807, 2.05) is 43.3 Å². The number of hydrogen-bond acceptors (Lipinski definition) is 3. The van der Waals surface area contributed by atoms with Crippen molar-refractivity contribution < 1.29 is 9.53 Å². The van der Waals surface area contributed by atoms with Gasteiger partial charge in [0.2, 0.25) is 5.88 Å². The van der Waals surface area contributed by atoms with Crippen LogP contribution in [0.4, 0.5) is 4.79 Å². The highest BCUT2D eigenvalue weighted by molar-refractivity contribution is 5.73. The Hall–Kier alpha value is -2.56. The van der Waals surface area contributed by atoms with Crippen LogP contribution in [0.15, 0.2) is 42.6 Å². The molecule has 0 aliphatic rings. The molecule has 0 atom stereocenters. The molecule has 0 bridgehead atoms. The summed E-state index contributed by atoms with van der Waals surface area (Å²) in [6, 6.07) is 11.5. The predicted molar refractivity (Wildman–Crippen MR) is 81.0 cm³/mol. The third-order valence-corrected chi connectivity index (χ3v) is 3.06. The summed E-state index contributed by atoms with van der Waals surface area (Å²) in [4.78, 5) is 15.9. The number of nitrogens with one attached hydrogen (secondary N) is 2. The van der Waals surface area contributed by atoms with E-state index >= 15 is 0 Å². The molecule has 0 spiro atoms. The third-order valence-electron chi connectivity index (χ3n) is 3.06. The first-order valence-corrected chi connectivity index (χ1v) is 6.74. The van der Waals surface area contributed by atoms with Crippen molar-refractivity contribution in [1.29, 1.82) is 0 Å². The molecule has 0 saturated carbocycles. The van der Waals surface area contributed by atoms with Gasteiger partial charge in [-0.3, -0.25) is 0 Å². The van der Waals surface area contributed by atoms with Crippen molar-refractivity contribution in [3.8, 4) is 5.88 Å². The van der Waals surface area contributed by atoms with Gasteiger partial charge in [-0.05, 0) is 18.6 Å². The first kappa shape index (κ1) is 14.8. The number of aryl methyl sites for hydroxylation is 1. The summed E-state index contributed by atoms with van der Waals surface area (Å²) in [5.74, 6) is 0.524. The highest BCUT2D eigenvalue weighted by Gasteiger charge is 2.05. The van der Waals surface area contributed by atoms with E-state index in [9.17, 15) is 4.79 Å². The van der Waals surface area contributed by atoms with Crippen molar-refractivity contribution in [3.05, 3.63) is 59.3 Å². The van der Waals surface area contributed by atoms with E-state index in [1.54, 1.807) is 13.3 Å². The monoisotopic (exact) mass is 285 g/mol. The van der Waals surface area contributed by atoms with Crippen LogP contribution in [0.1, 0.15) is 16.7 Å². The van der Waals surface area contributed by atoms with Crippen LogP contribution in [-0.2, 0) is 13.1 Å². The Balaban J connectivity index is 1.81. The molecule has 1 aromatic heterocycles. The Kier molecular flexibility index (Phi) is 5.15. The summed E-state index contributed by atoms with van der Waals surface area (Å²) >= 11 is 0. The second kappa shape index (κ2) is 7.28. The van der Waals surface area contributed by atoms with Gasteiger partial charge in [-0.1, -0.05) is 35.9 Å². The average molecular weight is 285 g/mol. The fourth-order valence-corrected chi connectivity index (χ4v) is 1.87. The standard InChI is InChI=1S/C16H19N3O2/c1-12-5-7-13(8-6-12)10-18-16(20)19-11-14-4-3-9-17-15(14)21-2/h3-9H,10-11H2,1-2H3,(H2,18,19,20). The molecule has 1 aromatic carbocycles. The molecule has 0 radical (unpaired) electrons. The lowest BCUT2D eigenvalue weighted by Gasteiger charge is -2.10. The second-order valence-electron chi connectivity index (χ2n) is 4.69. The smallest absolute Gasteiger partial charge is 0.315 e. The SMILES string of the molecule is COc1ncccc1CNC(=O)NCc1ccc(C)cc1. The summed E-state index contributed by atoms with van der Waals surface area (Å²) in [6.45, 7) is 2.90. The molecule has 0 fully saturated rings. The number of carbonyl (C=O) groups excluding carboxylic acids is 1. The fourth-order valence-electron chi connectivity index (χ4n) is 1.87. The Morgan fingerprint density at radius 3 is 2.57 bits per heavy atom. The largest absolute Gasteiger partial charge is 0.481 e. The van der Waals surface area contributed by atoms with E-state index in [4.69, 9.17) is 4.74 Å². The van der Waals surface area contributed by atoms with Crippen LogP contribution < -0.4 is 15.4 Å². The minimum Gasteiger partial charge on any atom is -0.481 e. The molecule has 0 saturated heterocycles. The maximum atomic E-state index is 11.8. The highest BCUT2D eigenvalue weighted by atomic mass is 16.5. The van der Waals surface area contributed by atoms with E-state index in [0.29, 0.717) is 19.0 Å². The van der Waals surface area contributed by atoms with Crippen LogP contribution in [0.2, 0.25) is 0 Å². The van der Waals surface area contributed by atoms with E-state index < -0.39 is 0 Å². The van der Waals surface area contributed by atoms with Crippen molar-refractivity contribution in [2.45, 2.75) is 20.0 Å². The Morgan fingerprint density at radius 1 is 1.14 bits per heavy atom. The third kappa shape index (κ3) is 4.49. The number of ether oxygens (including phenoxy) is 1. The Labute approximate surface area is 124 Å². The van der Waals surface area contributed by atoms with Crippen molar-refractivity contribution in [3.63, 3.8) is 0 Å². The molecule has 0 unspecified atom stereocenters. The van der Waals surface area contributed by atoms with Gasteiger partial charge in [0, 0.05) is 24.8 Å². The van der Waals surface area contributed by atoms with Crippen LogP contribution in [0.3, 0.4) is 0 Å². The molecule has 2 aromatic rings. The van der Waals surface area contributed by atoms with Gasteiger partial charge < -0.3 is 15.4 Å². The number of pyridine rings is 1. The number of rotatable bonds is 5. The first-order valence-electron chi connectivity index (χ1n) is 6.74. The topological polar surface area (TPSA) is 63.2 Å². The minimum atomic E-state index is -0.221. The summed E-state index contributed by atoms with van der Waals surface area (Å²) in [5, 5.41) is 5.60. The number of carbonyl (C=O) groups is 1. The van der Waals surface area contributed by atoms with Gasteiger partial charge in [-0.2, -0.15) is 0 Å². The summed E-state index contributed by atoms with van der Waals surface area (Å²) in [6.07, 6.45) is 1.65. The molecule has 2 N–H and O–H groups in total. The molecule has 21 heavy (non-hydrogen) atoms. The van der Waals surface area contributed by atoms with E-state index in [2.05, 4.69) is 15.6 Å². The maximum absolute atomic E-state index is 11.8. The van der Waals surface area contributed by atoms with Crippen LogP contribution in [-0.4, -0.2) is 18.1 Å². The van der Waals surface area contributed by atoms with Crippen molar-refractivity contribution in [2.24, 2.45) is 0 Å². The van der Waals surface area contributed by atoms with Crippen LogP contribution in [0, 0.1) is 6.92 Å². The lowest BCUT2D eigenvalue weighted by Crippen LogP contribution is -2.34. The van der Waals surface area contributed by atoms with Gasteiger partial charge >= 0.3 is 6.03 Å². The van der Waals surface area contributed by atoms with Crippen LogP contribution >= 0.6 is 0 Å². The number of hydrogen-bond donors (Lipinski definition) is 2. The van der Waals surface area contributed by atoms with Crippen molar-refractivity contribution in [1.82, 2.24) is 15.6 Å². The summed E-state index contributed by atoms with van der Waals surface area (Å²) < 4.78 is 5.14. The van der Waals surface area contributed by atoms with E-state index in [1.165, 1.54) is 5.56 Å². The number of urea groups is 1. The molecule has 110 valence electrons. The Bertz CT molecular complexity index is 597. The van der Waals surface area contributed by atoms with Crippen molar-refractivity contribution in [2.75, 3.05) is 7.11 Å². The van der Waals surface area contributed by atoms with Gasteiger partial charge in [-0.25, -0.2) is 9.78 Å². The van der Waals surface area contributed by atoms with Gasteiger partial charge in [-0.15, -0.1) is 0 Å². The molecular weight excluding hydrogens is 266 g/mol. The second-order valence-corrected chi connectivity index (χ2v) is 4.69. The maximum Gasteiger partial charge on any atom is 0.315 e. The zero-order valence-corrected chi connectivity index (χ0v) is 12.2. The zero-order chi connectivity index (χ0) is 15.1. The zero-order valence-electron chi connectivity index (χ0n) is 12.2.